The third-order valence-corrected chi connectivity index (χ3v) is 4.02. The summed E-state index contributed by atoms with van der Waals surface area (Å²) >= 11 is 0. The largest absolute Gasteiger partial charge is 0.435 e. The Morgan fingerprint density at radius 3 is 2.34 bits per heavy atom. The maximum absolute atomic E-state index is 12.6. The molecule has 2 rings (SSSR count). The highest BCUT2D eigenvalue weighted by Gasteiger charge is 2.13. The molecule has 0 aromatic heterocycles. The van der Waals surface area contributed by atoms with Gasteiger partial charge >= 0.3 is 13.2 Å². The number of carbonyl (C=O) groups is 1. The van der Waals surface area contributed by atoms with Crippen molar-refractivity contribution in [3.8, 4) is 11.5 Å². The molecule has 0 unspecified atom stereocenters. The SMILES string of the molecule is Cc1cccc(C(C)C)c1NC(=O)/C=C/c1ccc(OC(F)F)cc1OC(F)F. The van der Waals surface area contributed by atoms with E-state index in [1.807, 2.05) is 39.0 Å². The van der Waals surface area contributed by atoms with Crippen molar-refractivity contribution >= 4 is 17.7 Å². The minimum atomic E-state index is -3.17. The molecule has 0 atom stereocenters. The lowest BCUT2D eigenvalue weighted by molar-refractivity contribution is -0.111. The molecular weight excluding hydrogens is 390 g/mol. The molecule has 0 saturated carbocycles. The number of nitrogens with one attached hydrogen (secondary N) is 1. The van der Waals surface area contributed by atoms with Crippen molar-refractivity contribution in [2.24, 2.45) is 0 Å². The third-order valence-electron chi connectivity index (χ3n) is 4.02. The number of hydrogen-bond donors (Lipinski definition) is 1. The van der Waals surface area contributed by atoms with E-state index in [0.717, 1.165) is 23.3 Å². The summed E-state index contributed by atoms with van der Waals surface area (Å²) in [6.07, 6.45) is 2.41. The van der Waals surface area contributed by atoms with Gasteiger partial charge in [0.25, 0.3) is 0 Å². The van der Waals surface area contributed by atoms with E-state index in [-0.39, 0.29) is 23.0 Å². The van der Waals surface area contributed by atoms with Crippen LogP contribution in [0.3, 0.4) is 0 Å². The second kappa shape index (κ2) is 9.95. The molecule has 0 fully saturated rings. The lowest BCUT2D eigenvalue weighted by Gasteiger charge is -2.15. The second-order valence-corrected chi connectivity index (χ2v) is 6.47. The van der Waals surface area contributed by atoms with E-state index in [1.54, 1.807) is 0 Å². The van der Waals surface area contributed by atoms with Crippen LogP contribution in [0.4, 0.5) is 23.2 Å². The van der Waals surface area contributed by atoms with E-state index < -0.39 is 19.1 Å². The Labute approximate surface area is 166 Å². The first kappa shape index (κ1) is 22.3. The van der Waals surface area contributed by atoms with Gasteiger partial charge in [-0.1, -0.05) is 32.0 Å². The molecule has 156 valence electrons. The molecule has 2 aromatic rings. The molecule has 0 aliphatic rings. The normalized spacial score (nSPS) is 11.5. The average molecular weight is 411 g/mol. The Balaban J connectivity index is 2.23. The van der Waals surface area contributed by atoms with Crippen LogP contribution in [0.1, 0.15) is 36.5 Å². The average Bonchev–Trinajstić information content (AvgIpc) is 2.61. The summed E-state index contributed by atoms with van der Waals surface area (Å²) in [5.74, 6) is -1.01. The van der Waals surface area contributed by atoms with Gasteiger partial charge in [0.1, 0.15) is 11.5 Å². The molecule has 1 amide bonds. The lowest BCUT2D eigenvalue weighted by Crippen LogP contribution is -2.12. The topological polar surface area (TPSA) is 47.6 Å². The van der Waals surface area contributed by atoms with Crippen LogP contribution < -0.4 is 14.8 Å². The van der Waals surface area contributed by atoms with Crippen molar-refractivity contribution < 1.29 is 31.8 Å². The smallest absolute Gasteiger partial charge is 0.387 e. The number of rotatable bonds is 8. The molecule has 0 saturated heterocycles. The zero-order valence-corrected chi connectivity index (χ0v) is 16.1. The highest BCUT2D eigenvalue weighted by Crippen LogP contribution is 2.29. The quantitative estimate of drug-likeness (QED) is 0.430. The first-order chi connectivity index (χ1) is 13.7. The molecule has 0 radical (unpaired) electrons. The summed E-state index contributed by atoms with van der Waals surface area (Å²) in [6, 6.07) is 8.99. The van der Waals surface area contributed by atoms with E-state index in [9.17, 15) is 22.4 Å². The Hall–Kier alpha value is -3.03. The fourth-order valence-electron chi connectivity index (χ4n) is 2.70. The number of hydrogen-bond acceptors (Lipinski definition) is 3. The van der Waals surface area contributed by atoms with Crippen molar-refractivity contribution in [3.63, 3.8) is 0 Å². The predicted octanol–water partition coefficient (Wildman–Crippen LogP) is 5.97. The summed E-state index contributed by atoms with van der Waals surface area (Å²) in [5.41, 5.74) is 2.63. The van der Waals surface area contributed by atoms with Gasteiger partial charge in [-0.3, -0.25) is 4.79 Å². The van der Waals surface area contributed by atoms with Crippen molar-refractivity contribution in [3.05, 3.63) is 59.2 Å². The van der Waals surface area contributed by atoms with E-state index >= 15 is 0 Å². The monoisotopic (exact) mass is 411 g/mol. The minimum Gasteiger partial charge on any atom is -0.435 e. The highest BCUT2D eigenvalue weighted by molar-refractivity contribution is 6.03. The third kappa shape index (κ3) is 6.51. The molecule has 1 N–H and O–H groups in total. The Bertz CT molecular complexity index is 882. The van der Waals surface area contributed by atoms with Gasteiger partial charge in [-0.25, -0.2) is 0 Å². The van der Waals surface area contributed by atoms with Crippen molar-refractivity contribution in [1.82, 2.24) is 0 Å². The maximum atomic E-state index is 12.6. The number of ether oxygens (including phenoxy) is 2. The second-order valence-electron chi connectivity index (χ2n) is 6.47. The van der Waals surface area contributed by atoms with Gasteiger partial charge < -0.3 is 14.8 Å². The number of benzene rings is 2. The summed E-state index contributed by atoms with van der Waals surface area (Å²) in [5, 5.41) is 2.79. The molecule has 0 bridgehead atoms. The number of para-hydroxylation sites is 1. The standard InChI is InChI=1S/C21H21F4NO3/c1-12(2)16-6-4-5-13(3)19(16)26-18(27)10-8-14-7-9-15(28-20(22)23)11-17(14)29-21(24)25/h4-12,20-21H,1-3H3,(H,26,27)/b10-8+. The van der Waals surface area contributed by atoms with Crippen LogP contribution in [0, 0.1) is 6.92 Å². The van der Waals surface area contributed by atoms with Crippen molar-refractivity contribution in [2.45, 2.75) is 39.9 Å². The van der Waals surface area contributed by atoms with E-state index in [0.29, 0.717) is 5.69 Å². The Kier molecular flexibility index (Phi) is 7.64. The highest BCUT2D eigenvalue weighted by atomic mass is 19.3. The summed E-state index contributed by atoms with van der Waals surface area (Å²) in [4.78, 5) is 12.3. The van der Waals surface area contributed by atoms with E-state index in [2.05, 4.69) is 14.8 Å². The number of carbonyl (C=O) groups excluding carboxylic acids is 1. The van der Waals surface area contributed by atoms with Crippen LogP contribution in [0.5, 0.6) is 11.5 Å². The van der Waals surface area contributed by atoms with Gasteiger partial charge in [-0.05, 0) is 42.2 Å². The minimum absolute atomic E-state index is 0.107. The van der Waals surface area contributed by atoms with Crippen LogP contribution in [0.2, 0.25) is 0 Å². The Morgan fingerprint density at radius 1 is 1.03 bits per heavy atom. The fraction of sp³-hybridized carbons (Fsp3) is 0.286. The van der Waals surface area contributed by atoms with E-state index in [4.69, 9.17) is 0 Å². The van der Waals surface area contributed by atoms with Crippen molar-refractivity contribution in [1.29, 1.82) is 0 Å². The number of alkyl halides is 4. The van der Waals surface area contributed by atoms with Crippen molar-refractivity contribution in [2.75, 3.05) is 5.32 Å². The first-order valence-electron chi connectivity index (χ1n) is 8.79. The number of anilines is 1. The van der Waals surface area contributed by atoms with Gasteiger partial charge in [0, 0.05) is 23.4 Å². The van der Waals surface area contributed by atoms with Gasteiger partial charge in [-0.2, -0.15) is 17.6 Å². The molecule has 0 aliphatic heterocycles. The molecule has 0 spiro atoms. The summed E-state index contributed by atoms with van der Waals surface area (Å²) in [7, 11) is 0. The van der Waals surface area contributed by atoms with Crippen LogP contribution >= 0.6 is 0 Å². The van der Waals surface area contributed by atoms with Crippen LogP contribution in [-0.4, -0.2) is 19.1 Å². The van der Waals surface area contributed by atoms with Gasteiger partial charge in [0.05, 0.1) is 0 Å². The molecule has 2 aromatic carbocycles. The zero-order valence-electron chi connectivity index (χ0n) is 16.1. The molecule has 0 aliphatic carbocycles. The molecule has 8 heteroatoms. The maximum Gasteiger partial charge on any atom is 0.387 e. The van der Waals surface area contributed by atoms with Crippen LogP contribution in [0.15, 0.2) is 42.5 Å². The first-order valence-corrected chi connectivity index (χ1v) is 8.79. The fourth-order valence-corrected chi connectivity index (χ4v) is 2.70. The molecule has 4 nitrogen and oxygen atoms in total. The van der Waals surface area contributed by atoms with E-state index in [1.165, 1.54) is 18.2 Å². The number of aryl methyl sites for hydroxylation is 1. The lowest BCUT2D eigenvalue weighted by atomic mass is 9.98. The Morgan fingerprint density at radius 2 is 1.72 bits per heavy atom. The van der Waals surface area contributed by atoms with Crippen LogP contribution in [-0.2, 0) is 4.79 Å². The zero-order chi connectivity index (χ0) is 21.6. The molecular formula is C21H21F4NO3. The predicted molar refractivity (Wildman–Crippen MR) is 103 cm³/mol. The summed E-state index contributed by atoms with van der Waals surface area (Å²) < 4.78 is 58.4. The summed E-state index contributed by atoms with van der Waals surface area (Å²) in [6.45, 7) is -0.417. The van der Waals surface area contributed by atoms with Crippen LogP contribution in [0.25, 0.3) is 6.08 Å². The number of amides is 1. The van der Waals surface area contributed by atoms with Gasteiger partial charge in [0.2, 0.25) is 5.91 Å². The molecule has 0 heterocycles. The van der Waals surface area contributed by atoms with Gasteiger partial charge in [0.15, 0.2) is 0 Å². The number of halogens is 4. The van der Waals surface area contributed by atoms with Gasteiger partial charge in [-0.15, -0.1) is 0 Å². The molecule has 29 heavy (non-hydrogen) atoms.